The van der Waals surface area contributed by atoms with Crippen molar-refractivity contribution in [3.05, 3.63) is 12.7 Å². The number of hydrogen-bond acceptors (Lipinski definition) is 0. The average Bonchev–Trinajstić information content (AvgIpc) is 1.37. The second-order valence-corrected chi connectivity index (χ2v) is 1.55. The first-order chi connectivity index (χ1) is 1.91. The maximum atomic E-state index is 3.41. The van der Waals surface area contributed by atoms with Gasteiger partial charge in [0.2, 0.25) is 0 Å². The van der Waals surface area contributed by atoms with Gasteiger partial charge in [0.05, 0.1) is 0 Å². The van der Waals surface area contributed by atoms with Crippen LogP contribution in [0, 0.1) is 31.5 Å². The third kappa shape index (κ3) is 2.57. The van der Waals surface area contributed by atoms with Crippen molar-refractivity contribution in [3.8, 4) is 2.82 Å². The van der Waals surface area contributed by atoms with Crippen molar-refractivity contribution < 1.29 is 28.7 Å². The normalized spacial score (nSPS) is 4.50. The molecule has 0 spiro atoms. The van der Waals surface area contributed by atoms with Gasteiger partial charge in [0.15, 0.2) is 0 Å². The Morgan fingerprint density at radius 2 is 2.25 bits per heavy atom. The van der Waals surface area contributed by atoms with E-state index in [1.165, 1.54) is 0 Å². The van der Waals surface area contributed by atoms with E-state index in [1.54, 1.807) is 6.08 Å². The van der Waals surface area contributed by atoms with Gasteiger partial charge in [0, 0.05) is 0 Å². The fraction of sp³-hybridized carbons (Fsp3) is 0. The van der Waals surface area contributed by atoms with Gasteiger partial charge >= 0.3 is 44.2 Å². The van der Waals surface area contributed by atoms with E-state index in [0.717, 1.165) is 28.7 Å². The monoisotopic (exact) mass is 277 g/mol. The second kappa shape index (κ2) is 3.57. The molecule has 0 bridgehead atoms. The van der Waals surface area contributed by atoms with Crippen LogP contribution in [-0.2, 0) is 0 Å². The molecule has 0 N–H and O–H groups in total. The topological polar surface area (TPSA) is 0 Å². The van der Waals surface area contributed by atoms with Crippen molar-refractivity contribution >= 4 is 0 Å². The summed E-state index contributed by atoms with van der Waals surface area (Å²) < 4.78 is 2.86. The van der Waals surface area contributed by atoms with Crippen molar-refractivity contribution in [1.82, 2.24) is 0 Å². The third-order valence-electron chi connectivity index (χ3n) is 0.102. The van der Waals surface area contributed by atoms with Crippen molar-refractivity contribution in [2.45, 2.75) is 0 Å². The van der Waals surface area contributed by atoms with Crippen molar-refractivity contribution in [2.24, 2.45) is 0 Å². The summed E-state index contributed by atoms with van der Waals surface area (Å²) in [5.41, 5.74) is 0. The minimum atomic E-state index is 0.854. The molecule has 0 heterocycles. The van der Waals surface area contributed by atoms with Crippen LogP contribution in [0.2, 0.25) is 0 Å². The molecule has 0 aromatic heterocycles. The van der Waals surface area contributed by atoms with E-state index in [-0.39, 0.29) is 0 Å². The molecule has 1 heteroatoms. The zero-order chi connectivity index (χ0) is 3.41. The molecule has 4 heavy (non-hydrogen) atoms. The molecular formula is C3H3U. The third-order valence-corrected chi connectivity index (χ3v) is 0.952. The van der Waals surface area contributed by atoms with Crippen LogP contribution in [0.15, 0.2) is 12.7 Å². The average molecular weight is 277 g/mol. The zero-order valence-electron chi connectivity index (χ0n) is 2.28. The van der Waals surface area contributed by atoms with Crippen molar-refractivity contribution in [1.29, 1.82) is 0 Å². The molecule has 19 valence electrons. The molecule has 0 aromatic carbocycles. The summed E-state index contributed by atoms with van der Waals surface area (Å²) in [6, 6.07) is 0. The number of rotatable bonds is 0. The predicted molar refractivity (Wildman–Crippen MR) is 14.1 cm³/mol. The first kappa shape index (κ1) is 4.57. The summed E-state index contributed by atoms with van der Waals surface area (Å²) in [5.74, 6) is 0. The van der Waals surface area contributed by atoms with Gasteiger partial charge in [0.25, 0.3) is 0 Å². The van der Waals surface area contributed by atoms with Gasteiger partial charge in [-0.25, -0.2) is 0 Å². The Balaban J connectivity index is 2.92. The predicted octanol–water partition coefficient (Wildman–Crippen LogP) is 0.681. The van der Waals surface area contributed by atoms with E-state index >= 15 is 0 Å². The van der Waals surface area contributed by atoms with Crippen molar-refractivity contribution in [2.75, 3.05) is 0 Å². The summed E-state index contributed by atoms with van der Waals surface area (Å²) in [4.78, 5) is 0. The molecule has 0 aliphatic carbocycles. The molecule has 0 amide bonds. The van der Waals surface area contributed by atoms with Crippen LogP contribution in [0.5, 0.6) is 0 Å². The zero-order valence-corrected chi connectivity index (χ0v) is 6.45. The first-order valence-electron chi connectivity index (χ1n) is 0.947. The molecule has 0 nitrogen and oxygen atoms in total. The first-order valence-corrected chi connectivity index (χ1v) is 3.03. The molecule has 0 saturated carbocycles. The van der Waals surface area contributed by atoms with E-state index in [9.17, 15) is 0 Å². The quantitative estimate of drug-likeness (QED) is 0.611. The van der Waals surface area contributed by atoms with Crippen LogP contribution in [0.3, 0.4) is 0 Å². The molecule has 0 fully saturated rings. The molecule has 0 unspecified atom stereocenters. The van der Waals surface area contributed by atoms with Gasteiger partial charge < -0.3 is 0 Å². The number of hydrogen-bond donors (Lipinski definition) is 0. The maximum absolute atomic E-state index is 3.41. The Bertz CT molecular complexity index is 48.8. The molecule has 0 radical (unpaired) electrons. The summed E-state index contributed by atoms with van der Waals surface area (Å²) in [6.07, 6.45) is 1.70. The molecule has 0 atom stereocenters. The van der Waals surface area contributed by atoms with Gasteiger partial charge in [-0.15, -0.1) is 0 Å². The standard InChI is InChI=1S/C3H3.U/c1-3-2;/h3H,1H2;. The van der Waals surface area contributed by atoms with Crippen LogP contribution in [-0.4, -0.2) is 0 Å². The molecule has 0 rings (SSSR count). The Morgan fingerprint density at radius 1 is 2.00 bits per heavy atom. The number of allylic oxidation sites excluding steroid dienone is 1. The molecule has 0 aromatic rings. The molecule has 0 aliphatic rings. The van der Waals surface area contributed by atoms with E-state index in [2.05, 4.69) is 9.40 Å². The van der Waals surface area contributed by atoms with Gasteiger partial charge in [-0.1, -0.05) is 0 Å². The summed E-state index contributed by atoms with van der Waals surface area (Å²) in [6.45, 7) is 3.41. The Hall–Kier alpha value is 0.572. The summed E-state index contributed by atoms with van der Waals surface area (Å²) >= 11 is 0.854. The van der Waals surface area contributed by atoms with E-state index in [1.807, 2.05) is 0 Å². The van der Waals surface area contributed by atoms with Gasteiger partial charge in [-0.3, -0.25) is 0 Å². The second-order valence-electron chi connectivity index (χ2n) is 0.348. The van der Waals surface area contributed by atoms with E-state index in [4.69, 9.17) is 0 Å². The van der Waals surface area contributed by atoms with Crippen molar-refractivity contribution in [3.63, 3.8) is 0 Å². The molecule has 0 saturated heterocycles. The summed E-state index contributed by atoms with van der Waals surface area (Å²) in [7, 11) is 0. The Kier molecular flexibility index (Phi) is 4.08. The van der Waals surface area contributed by atoms with Crippen LogP contribution in [0.25, 0.3) is 0 Å². The SMILES string of the molecule is C=C[C]#[U]. The molecular weight excluding hydrogens is 274 g/mol. The van der Waals surface area contributed by atoms with Crippen LogP contribution >= 0.6 is 0 Å². The van der Waals surface area contributed by atoms with Crippen LogP contribution in [0.1, 0.15) is 0 Å². The van der Waals surface area contributed by atoms with Gasteiger partial charge in [-0.2, -0.15) is 0 Å². The minimum absolute atomic E-state index is 0.854. The van der Waals surface area contributed by atoms with Crippen LogP contribution < -0.4 is 0 Å². The summed E-state index contributed by atoms with van der Waals surface area (Å²) in [5, 5.41) is 0. The van der Waals surface area contributed by atoms with Gasteiger partial charge in [-0.05, 0) is 0 Å². The fourth-order valence-electron chi connectivity index (χ4n) is 0. The van der Waals surface area contributed by atoms with Crippen LogP contribution in [0.4, 0.5) is 0 Å². The van der Waals surface area contributed by atoms with Gasteiger partial charge in [0.1, 0.15) is 0 Å². The van der Waals surface area contributed by atoms with E-state index < -0.39 is 0 Å². The fourth-order valence-corrected chi connectivity index (χ4v) is 0. The Morgan fingerprint density at radius 3 is 2.25 bits per heavy atom. The molecule has 0 aliphatic heterocycles. The van der Waals surface area contributed by atoms with E-state index in [0.29, 0.717) is 0 Å². The Labute approximate surface area is 44.1 Å².